The van der Waals surface area contributed by atoms with Crippen LogP contribution in [0.5, 0.6) is 0 Å². The molecule has 1 aliphatic rings. The molecule has 1 rings (SSSR count). The van der Waals surface area contributed by atoms with Crippen molar-refractivity contribution in [2.45, 2.75) is 32.7 Å². The van der Waals surface area contributed by atoms with Gasteiger partial charge in [-0.3, -0.25) is 4.79 Å². The highest BCUT2D eigenvalue weighted by Crippen LogP contribution is 2.17. The summed E-state index contributed by atoms with van der Waals surface area (Å²) in [6.07, 6.45) is 0.657. The van der Waals surface area contributed by atoms with E-state index in [9.17, 15) is 13.2 Å². The highest BCUT2D eigenvalue weighted by Gasteiger charge is 2.30. The highest BCUT2D eigenvalue weighted by molar-refractivity contribution is 7.91. The molecule has 0 radical (unpaired) electrons. The van der Waals surface area contributed by atoms with Crippen LogP contribution in [-0.4, -0.2) is 44.5 Å². The molecule has 0 saturated carbocycles. The summed E-state index contributed by atoms with van der Waals surface area (Å²) in [4.78, 5) is 11.8. The molecule has 0 spiro atoms. The van der Waals surface area contributed by atoms with Crippen molar-refractivity contribution >= 4 is 15.7 Å². The molecule has 0 bridgehead atoms. The zero-order valence-electron chi connectivity index (χ0n) is 10.7. The van der Waals surface area contributed by atoms with Gasteiger partial charge >= 0.3 is 0 Å². The summed E-state index contributed by atoms with van der Waals surface area (Å²) in [5.74, 6) is 0.448. The lowest BCUT2D eigenvalue weighted by atomic mass is 10.0. The largest absolute Gasteiger partial charge is 0.354 e. The van der Waals surface area contributed by atoms with Gasteiger partial charge in [0.15, 0.2) is 9.84 Å². The van der Waals surface area contributed by atoms with Crippen LogP contribution in [0.1, 0.15) is 27.2 Å². The van der Waals surface area contributed by atoms with Gasteiger partial charge in [0.25, 0.3) is 0 Å². The molecule has 6 heteroatoms. The first-order chi connectivity index (χ1) is 7.77. The van der Waals surface area contributed by atoms with Crippen LogP contribution in [0.3, 0.4) is 0 Å². The van der Waals surface area contributed by atoms with Crippen molar-refractivity contribution in [3.8, 4) is 0 Å². The molecule has 0 aromatic carbocycles. The molecular formula is C11H22N2O3S. The molecule has 1 atom stereocenters. The molecular weight excluding hydrogens is 240 g/mol. The SMILES string of the molecule is CCNC(C)(C)C(=O)NCC1CCS(=O)(=O)C1. The summed E-state index contributed by atoms with van der Waals surface area (Å²) in [6.45, 7) is 6.75. The van der Waals surface area contributed by atoms with Gasteiger partial charge in [-0.25, -0.2) is 8.42 Å². The Kier molecular flexibility index (Phi) is 4.55. The Hall–Kier alpha value is -0.620. The van der Waals surface area contributed by atoms with E-state index in [1.807, 2.05) is 20.8 Å². The van der Waals surface area contributed by atoms with Crippen LogP contribution < -0.4 is 10.6 Å². The van der Waals surface area contributed by atoms with Gasteiger partial charge in [0.05, 0.1) is 17.0 Å². The van der Waals surface area contributed by atoms with Crippen LogP contribution in [0.25, 0.3) is 0 Å². The number of amides is 1. The third kappa shape index (κ3) is 4.27. The van der Waals surface area contributed by atoms with Crippen molar-refractivity contribution in [2.24, 2.45) is 5.92 Å². The third-order valence-electron chi connectivity index (χ3n) is 3.06. The zero-order valence-corrected chi connectivity index (χ0v) is 11.6. The average molecular weight is 262 g/mol. The summed E-state index contributed by atoms with van der Waals surface area (Å²) in [7, 11) is -2.86. The average Bonchev–Trinajstić information content (AvgIpc) is 2.54. The Morgan fingerprint density at radius 2 is 2.06 bits per heavy atom. The van der Waals surface area contributed by atoms with Gasteiger partial charge < -0.3 is 10.6 Å². The monoisotopic (exact) mass is 262 g/mol. The number of likely N-dealkylation sites (N-methyl/N-ethyl adjacent to an activating group) is 1. The maximum absolute atomic E-state index is 11.8. The number of carbonyl (C=O) groups is 1. The van der Waals surface area contributed by atoms with E-state index in [-0.39, 0.29) is 23.3 Å². The van der Waals surface area contributed by atoms with Gasteiger partial charge in [-0.1, -0.05) is 6.92 Å². The quantitative estimate of drug-likeness (QED) is 0.727. The fourth-order valence-electron chi connectivity index (χ4n) is 2.01. The molecule has 1 saturated heterocycles. The topological polar surface area (TPSA) is 75.3 Å². The van der Waals surface area contributed by atoms with Crippen LogP contribution in [0.15, 0.2) is 0 Å². The van der Waals surface area contributed by atoms with E-state index >= 15 is 0 Å². The molecule has 1 aliphatic heterocycles. The minimum Gasteiger partial charge on any atom is -0.354 e. The molecule has 0 aromatic rings. The molecule has 1 fully saturated rings. The smallest absolute Gasteiger partial charge is 0.239 e. The lowest BCUT2D eigenvalue weighted by Crippen LogP contribution is -2.53. The highest BCUT2D eigenvalue weighted by atomic mass is 32.2. The lowest BCUT2D eigenvalue weighted by Gasteiger charge is -2.25. The fourth-order valence-corrected chi connectivity index (χ4v) is 3.88. The second kappa shape index (κ2) is 5.35. The number of nitrogens with one attached hydrogen (secondary N) is 2. The molecule has 0 aliphatic carbocycles. The normalized spacial score (nSPS) is 23.6. The molecule has 2 N–H and O–H groups in total. The molecule has 1 heterocycles. The first-order valence-electron chi connectivity index (χ1n) is 6.00. The van der Waals surface area contributed by atoms with Gasteiger partial charge in [0, 0.05) is 6.54 Å². The van der Waals surface area contributed by atoms with Crippen molar-refractivity contribution in [3.63, 3.8) is 0 Å². The molecule has 0 aromatic heterocycles. The van der Waals surface area contributed by atoms with E-state index in [2.05, 4.69) is 10.6 Å². The maximum Gasteiger partial charge on any atom is 0.239 e. The van der Waals surface area contributed by atoms with Gasteiger partial charge in [0.2, 0.25) is 5.91 Å². The third-order valence-corrected chi connectivity index (χ3v) is 4.90. The van der Waals surface area contributed by atoms with Crippen molar-refractivity contribution < 1.29 is 13.2 Å². The van der Waals surface area contributed by atoms with E-state index in [0.717, 1.165) is 6.54 Å². The molecule has 1 amide bonds. The van der Waals surface area contributed by atoms with Crippen LogP contribution in [0.2, 0.25) is 0 Å². The summed E-state index contributed by atoms with van der Waals surface area (Å²) in [6, 6.07) is 0. The minimum absolute atomic E-state index is 0.0707. The Morgan fingerprint density at radius 3 is 2.53 bits per heavy atom. The maximum atomic E-state index is 11.8. The minimum atomic E-state index is -2.86. The molecule has 100 valence electrons. The van der Waals surface area contributed by atoms with E-state index in [0.29, 0.717) is 13.0 Å². The predicted molar refractivity (Wildman–Crippen MR) is 67.5 cm³/mol. The number of carbonyl (C=O) groups excluding carboxylic acids is 1. The fraction of sp³-hybridized carbons (Fsp3) is 0.909. The molecule has 5 nitrogen and oxygen atoms in total. The van der Waals surface area contributed by atoms with E-state index in [1.165, 1.54) is 0 Å². The van der Waals surface area contributed by atoms with Gasteiger partial charge in [-0.05, 0) is 32.7 Å². The summed E-state index contributed by atoms with van der Waals surface area (Å²) < 4.78 is 22.5. The Bertz CT molecular complexity index is 376. The second-order valence-electron chi connectivity index (χ2n) is 5.13. The zero-order chi connectivity index (χ0) is 13.1. The van der Waals surface area contributed by atoms with Gasteiger partial charge in [-0.15, -0.1) is 0 Å². The van der Waals surface area contributed by atoms with Crippen molar-refractivity contribution in [1.29, 1.82) is 0 Å². The summed E-state index contributed by atoms with van der Waals surface area (Å²) in [5, 5.41) is 5.90. The molecule has 17 heavy (non-hydrogen) atoms. The second-order valence-corrected chi connectivity index (χ2v) is 7.36. The van der Waals surface area contributed by atoms with Crippen LogP contribution >= 0.6 is 0 Å². The lowest BCUT2D eigenvalue weighted by molar-refractivity contribution is -0.126. The van der Waals surface area contributed by atoms with Gasteiger partial charge in [-0.2, -0.15) is 0 Å². The summed E-state index contributed by atoms with van der Waals surface area (Å²) in [5.41, 5.74) is -0.605. The van der Waals surface area contributed by atoms with Crippen molar-refractivity contribution in [2.75, 3.05) is 24.6 Å². The standard InChI is InChI=1S/C11H22N2O3S/c1-4-13-11(2,3)10(14)12-7-9-5-6-17(15,16)8-9/h9,13H,4-8H2,1-3H3,(H,12,14). The first-order valence-corrected chi connectivity index (χ1v) is 7.83. The van der Waals surface area contributed by atoms with E-state index < -0.39 is 15.4 Å². The molecule has 1 unspecified atom stereocenters. The van der Waals surface area contributed by atoms with E-state index in [4.69, 9.17) is 0 Å². The van der Waals surface area contributed by atoms with Gasteiger partial charge in [0.1, 0.15) is 0 Å². The van der Waals surface area contributed by atoms with E-state index in [1.54, 1.807) is 0 Å². The summed E-state index contributed by atoms with van der Waals surface area (Å²) >= 11 is 0. The first kappa shape index (κ1) is 14.4. The number of hydrogen-bond donors (Lipinski definition) is 2. The van der Waals surface area contributed by atoms with Crippen LogP contribution in [0, 0.1) is 5.92 Å². The van der Waals surface area contributed by atoms with Crippen LogP contribution in [0.4, 0.5) is 0 Å². The Labute approximate surface area is 103 Å². The number of hydrogen-bond acceptors (Lipinski definition) is 4. The predicted octanol–water partition coefficient (Wildman–Crippen LogP) is -0.0746. The number of sulfone groups is 1. The van der Waals surface area contributed by atoms with Crippen molar-refractivity contribution in [1.82, 2.24) is 10.6 Å². The number of rotatable bonds is 5. The Morgan fingerprint density at radius 1 is 1.41 bits per heavy atom. The van der Waals surface area contributed by atoms with Crippen LogP contribution in [-0.2, 0) is 14.6 Å². The Balaban J connectivity index is 2.39. The van der Waals surface area contributed by atoms with Crippen molar-refractivity contribution in [3.05, 3.63) is 0 Å².